The van der Waals surface area contributed by atoms with Gasteiger partial charge in [-0.15, -0.1) is 0 Å². The summed E-state index contributed by atoms with van der Waals surface area (Å²) in [5.74, 6) is -1.21. The third kappa shape index (κ3) is 7.57. The Morgan fingerprint density at radius 2 is 2.07 bits per heavy atom. The first-order valence-electron chi connectivity index (χ1n) is 9.13. The van der Waals surface area contributed by atoms with Gasteiger partial charge in [0, 0.05) is 6.42 Å². The lowest BCUT2D eigenvalue weighted by molar-refractivity contribution is -0.143. The van der Waals surface area contributed by atoms with E-state index in [0.717, 1.165) is 0 Å². The van der Waals surface area contributed by atoms with Gasteiger partial charge in [-0.3, -0.25) is 19.9 Å². The van der Waals surface area contributed by atoms with E-state index in [0.29, 0.717) is 10.2 Å². The Morgan fingerprint density at radius 3 is 2.71 bits per heavy atom. The van der Waals surface area contributed by atoms with Crippen LogP contribution in [-0.2, 0) is 30.5 Å². The van der Waals surface area contributed by atoms with E-state index in [1.54, 1.807) is 43.3 Å². The molecule has 0 fully saturated rings. The molecule has 3 N–H and O–H groups in total. The van der Waals surface area contributed by atoms with Crippen molar-refractivity contribution >= 4 is 33.9 Å². The molecule has 10 heteroatoms. The molecule has 0 bridgehead atoms. The number of benzene rings is 1. The van der Waals surface area contributed by atoms with Crippen molar-refractivity contribution in [2.45, 2.75) is 32.1 Å². The quantitative estimate of drug-likeness (QED) is 0.380. The fourth-order valence-electron chi connectivity index (χ4n) is 2.27. The predicted molar refractivity (Wildman–Crippen MR) is 103 cm³/mol. The van der Waals surface area contributed by atoms with Crippen molar-refractivity contribution in [2.75, 3.05) is 13.2 Å². The largest absolute Gasteiger partial charge is 0.465 e. The zero-order chi connectivity index (χ0) is 21.2. The van der Waals surface area contributed by atoms with Gasteiger partial charge in [-0.05, 0) is 34.5 Å². The lowest BCUT2D eigenvalue weighted by Gasteiger charge is -2.20. The van der Waals surface area contributed by atoms with Crippen LogP contribution >= 0.6 is 15.9 Å². The minimum atomic E-state index is -1.25. The van der Waals surface area contributed by atoms with E-state index in [4.69, 9.17) is 15.7 Å². The minimum Gasteiger partial charge on any atom is -0.465 e. The number of hydrogen-bond donors (Lipinski definition) is 3. The predicted octanol–water partition coefficient (Wildman–Crippen LogP) is 1.49. The molecule has 1 aliphatic rings. The van der Waals surface area contributed by atoms with Gasteiger partial charge in [0.1, 0.15) is 29.9 Å². The molecule has 1 aromatic rings. The molecule has 1 heterocycles. The Labute approximate surface area is 172 Å². The molecule has 28 heavy (non-hydrogen) atoms. The van der Waals surface area contributed by atoms with Crippen molar-refractivity contribution in [2.24, 2.45) is 0 Å². The Kier molecular flexibility index (Phi) is 8.13. The number of hydrogen-bond acceptors (Lipinski definition) is 7. The van der Waals surface area contributed by atoms with Gasteiger partial charge in [0.15, 0.2) is 0 Å². The smallest absolute Gasteiger partial charge is 0.408 e. The van der Waals surface area contributed by atoms with E-state index >= 15 is 0 Å². The third-order valence-electron chi connectivity index (χ3n) is 3.53. The molecule has 0 spiro atoms. The standard InChI is InChI=1S/C18H22BrN3O6/c1-2-26-16(23)10-20-17(24)14(8-13-9-15(19)22-28-13)21-18(25)27-11-12-6-4-3-5-7-12/h3-7,9,13-14,22H,2,8,10-11H2,1H3,(H,20,24)(H,21,25)/t13?,14-/m0/s1/i11D/t11?,13?,14-. The Hall–Kier alpha value is -2.59. The summed E-state index contributed by atoms with van der Waals surface area (Å²) >= 11 is 3.21. The lowest BCUT2D eigenvalue weighted by Crippen LogP contribution is -2.49. The number of carbonyl (C=O) groups excluding carboxylic acids is 3. The number of esters is 1. The first kappa shape index (κ1) is 20.2. The molecule has 2 rings (SSSR count). The Morgan fingerprint density at radius 1 is 1.32 bits per heavy atom. The zero-order valence-electron chi connectivity index (χ0n) is 16.1. The third-order valence-corrected chi connectivity index (χ3v) is 3.96. The normalized spacial score (nSPS) is 18.0. The summed E-state index contributed by atoms with van der Waals surface area (Å²) in [6.07, 6.45) is 0.290. The van der Waals surface area contributed by atoms with Gasteiger partial charge < -0.3 is 20.1 Å². The average Bonchev–Trinajstić information content (AvgIpc) is 3.11. The number of nitrogens with one attached hydrogen (secondary N) is 3. The highest BCUT2D eigenvalue weighted by atomic mass is 79.9. The summed E-state index contributed by atoms with van der Waals surface area (Å²) in [6.45, 7) is 0.249. The molecule has 9 nitrogen and oxygen atoms in total. The van der Waals surface area contributed by atoms with Crippen LogP contribution in [0.4, 0.5) is 4.79 Å². The maximum atomic E-state index is 12.5. The summed E-state index contributed by atoms with van der Waals surface area (Å²) in [7, 11) is 0. The van der Waals surface area contributed by atoms with Crippen LogP contribution in [0, 0.1) is 0 Å². The van der Waals surface area contributed by atoms with E-state index in [1.165, 1.54) is 0 Å². The molecule has 0 saturated carbocycles. The van der Waals surface area contributed by atoms with Crippen LogP contribution in [0.1, 0.15) is 20.3 Å². The van der Waals surface area contributed by atoms with E-state index in [2.05, 4.69) is 32.0 Å². The number of ether oxygens (including phenoxy) is 2. The molecule has 1 aliphatic heterocycles. The zero-order valence-corrected chi connectivity index (χ0v) is 16.7. The first-order valence-corrected chi connectivity index (χ1v) is 9.35. The van der Waals surface area contributed by atoms with Crippen molar-refractivity contribution in [3.8, 4) is 0 Å². The monoisotopic (exact) mass is 456 g/mol. The van der Waals surface area contributed by atoms with Gasteiger partial charge in [-0.25, -0.2) is 4.79 Å². The molecule has 152 valence electrons. The van der Waals surface area contributed by atoms with Gasteiger partial charge in [0.25, 0.3) is 0 Å². The minimum absolute atomic E-state index is 0.0693. The number of halogens is 1. The summed E-state index contributed by atoms with van der Waals surface area (Å²) < 4.78 is 18.3. The van der Waals surface area contributed by atoms with Gasteiger partial charge in [-0.2, -0.15) is 0 Å². The maximum absolute atomic E-state index is 12.5. The van der Waals surface area contributed by atoms with Crippen molar-refractivity contribution < 1.29 is 30.1 Å². The van der Waals surface area contributed by atoms with Crippen LogP contribution in [0.3, 0.4) is 0 Å². The van der Waals surface area contributed by atoms with Gasteiger partial charge in [-0.1, -0.05) is 30.3 Å². The number of carbonyl (C=O) groups is 3. The second-order valence-electron chi connectivity index (χ2n) is 5.66. The number of hydroxylamine groups is 1. The van der Waals surface area contributed by atoms with E-state index < -0.39 is 36.7 Å². The molecular formula is C18H22BrN3O6. The van der Waals surface area contributed by atoms with E-state index in [-0.39, 0.29) is 19.6 Å². The van der Waals surface area contributed by atoms with Crippen molar-refractivity contribution in [1.29, 1.82) is 0 Å². The van der Waals surface area contributed by atoms with Crippen LogP contribution in [-0.4, -0.2) is 43.3 Å². The highest BCUT2D eigenvalue weighted by Gasteiger charge is 2.28. The van der Waals surface area contributed by atoms with E-state index in [9.17, 15) is 14.4 Å². The second kappa shape index (κ2) is 11.3. The van der Waals surface area contributed by atoms with Crippen molar-refractivity contribution in [3.63, 3.8) is 0 Å². The molecule has 3 atom stereocenters. The van der Waals surface area contributed by atoms with Crippen LogP contribution < -0.4 is 16.1 Å². The molecule has 2 unspecified atom stereocenters. The lowest BCUT2D eigenvalue weighted by atomic mass is 10.1. The molecule has 0 aromatic heterocycles. The molecular weight excluding hydrogens is 434 g/mol. The van der Waals surface area contributed by atoms with Crippen LogP contribution in [0.25, 0.3) is 0 Å². The van der Waals surface area contributed by atoms with Crippen LogP contribution in [0.5, 0.6) is 0 Å². The van der Waals surface area contributed by atoms with Crippen molar-refractivity contribution in [3.05, 3.63) is 46.6 Å². The number of rotatable bonds is 9. The van der Waals surface area contributed by atoms with Gasteiger partial charge >= 0.3 is 12.1 Å². The van der Waals surface area contributed by atoms with E-state index in [1.807, 2.05) is 0 Å². The number of alkyl carbamates (subject to hydrolysis) is 1. The summed E-state index contributed by atoms with van der Waals surface area (Å²) in [4.78, 5) is 41.4. The van der Waals surface area contributed by atoms with Crippen LogP contribution in [0.2, 0.25) is 0 Å². The fourth-order valence-corrected chi connectivity index (χ4v) is 2.66. The van der Waals surface area contributed by atoms with Gasteiger partial charge in [0.05, 0.1) is 7.98 Å². The highest BCUT2D eigenvalue weighted by Crippen LogP contribution is 2.16. The average molecular weight is 457 g/mol. The molecule has 2 amide bonds. The summed E-state index contributed by atoms with van der Waals surface area (Å²) in [6, 6.07) is 7.45. The SMILES string of the molecule is [2H]C(OC(=O)N[C@@H](CC1C=C(Br)NO1)C(=O)NCC(=O)OCC)c1ccccc1. The Balaban J connectivity index is 1.96. The fraction of sp³-hybridized carbons (Fsp3) is 0.389. The Bertz CT molecular complexity index is 748. The molecule has 0 radical (unpaired) electrons. The van der Waals surface area contributed by atoms with Crippen LogP contribution in [0.15, 0.2) is 41.0 Å². The maximum Gasteiger partial charge on any atom is 0.408 e. The summed E-state index contributed by atoms with van der Waals surface area (Å²) in [5, 5.41) is 4.82. The first-order chi connectivity index (χ1) is 13.9. The molecule has 0 aliphatic carbocycles. The second-order valence-corrected chi connectivity index (χ2v) is 6.52. The highest BCUT2D eigenvalue weighted by molar-refractivity contribution is 9.11. The molecule has 1 aromatic carbocycles. The topological polar surface area (TPSA) is 115 Å². The van der Waals surface area contributed by atoms with Gasteiger partial charge in [0.2, 0.25) is 5.91 Å². The van der Waals surface area contributed by atoms with Crippen molar-refractivity contribution in [1.82, 2.24) is 16.1 Å². The molecule has 0 saturated heterocycles. The number of amides is 2. The summed E-state index contributed by atoms with van der Waals surface area (Å²) in [5.41, 5.74) is 3.07.